The van der Waals surface area contributed by atoms with Crippen molar-refractivity contribution < 1.29 is 37.3 Å². The molecular formula is C35H73NO7P+. The Labute approximate surface area is 272 Å². The first-order chi connectivity index (χ1) is 21.1. The maximum absolute atomic E-state index is 12.4. The van der Waals surface area contributed by atoms with E-state index in [0.717, 1.165) is 38.5 Å². The van der Waals surface area contributed by atoms with Crippen molar-refractivity contribution >= 4 is 13.8 Å². The Morgan fingerprint density at radius 1 is 0.614 bits per heavy atom. The summed E-state index contributed by atoms with van der Waals surface area (Å²) in [5.41, 5.74) is 0. The number of nitrogens with zero attached hydrogens (tertiary/aromatic N) is 1. The average molecular weight is 651 g/mol. The van der Waals surface area contributed by atoms with Gasteiger partial charge in [0.1, 0.15) is 19.3 Å². The Hall–Kier alpha value is -0.500. The molecule has 0 bridgehead atoms. The molecule has 0 aliphatic rings. The lowest BCUT2D eigenvalue weighted by Crippen LogP contribution is -2.37. The van der Waals surface area contributed by atoms with Crippen molar-refractivity contribution in [2.24, 2.45) is 0 Å². The van der Waals surface area contributed by atoms with Gasteiger partial charge in [0.05, 0.1) is 34.4 Å². The standard InChI is InChI=1S/C35H72NO7P/c1-6-8-10-12-13-14-15-16-17-18-19-20-21-22-23-25-27-30-40-32-34(43-35(37)28-26-24-11-9-7-2)33-42-44(38,39)41-31-29-36(3,4)5/h34H,6-33H2,1-5H3/p+1. The normalized spacial score (nSPS) is 14.0. The highest BCUT2D eigenvalue weighted by molar-refractivity contribution is 7.47. The number of carbonyl (C=O) groups is 1. The predicted molar refractivity (Wildman–Crippen MR) is 183 cm³/mol. The molecule has 9 heteroatoms. The third kappa shape index (κ3) is 32.9. The van der Waals surface area contributed by atoms with E-state index >= 15 is 0 Å². The summed E-state index contributed by atoms with van der Waals surface area (Å²) in [5.74, 6) is -0.324. The van der Waals surface area contributed by atoms with Gasteiger partial charge in [-0.05, 0) is 12.8 Å². The van der Waals surface area contributed by atoms with Crippen LogP contribution in [0, 0.1) is 0 Å². The van der Waals surface area contributed by atoms with Crippen molar-refractivity contribution in [1.29, 1.82) is 0 Å². The summed E-state index contributed by atoms with van der Waals surface area (Å²) in [6, 6.07) is 0. The van der Waals surface area contributed by atoms with Crippen LogP contribution < -0.4 is 0 Å². The molecule has 0 saturated carbocycles. The number of quaternary nitrogens is 1. The van der Waals surface area contributed by atoms with Crippen molar-refractivity contribution in [3.63, 3.8) is 0 Å². The number of unbranched alkanes of at least 4 members (excludes halogenated alkanes) is 20. The van der Waals surface area contributed by atoms with Crippen LogP contribution in [0.3, 0.4) is 0 Å². The number of likely N-dealkylation sites (N-methyl/N-ethyl adjacent to an activating group) is 1. The van der Waals surface area contributed by atoms with Crippen LogP contribution in [0.25, 0.3) is 0 Å². The number of rotatable bonds is 34. The van der Waals surface area contributed by atoms with E-state index in [0.29, 0.717) is 24.1 Å². The Morgan fingerprint density at radius 3 is 1.50 bits per heavy atom. The molecule has 0 spiro atoms. The molecule has 0 rings (SSSR count). The predicted octanol–water partition coefficient (Wildman–Crippen LogP) is 9.77. The number of hydrogen-bond acceptors (Lipinski definition) is 6. The number of phosphoric ester groups is 1. The molecule has 2 unspecified atom stereocenters. The van der Waals surface area contributed by atoms with Crippen LogP contribution >= 0.6 is 7.82 Å². The first kappa shape index (κ1) is 43.5. The van der Waals surface area contributed by atoms with E-state index in [1.54, 1.807) is 0 Å². The van der Waals surface area contributed by atoms with Crippen LogP contribution in [0.1, 0.15) is 162 Å². The minimum Gasteiger partial charge on any atom is -0.457 e. The molecule has 0 aliphatic carbocycles. The molecule has 1 N–H and O–H groups in total. The fraction of sp³-hybridized carbons (Fsp3) is 0.971. The molecule has 0 amide bonds. The van der Waals surface area contributed by atoms with Gasteiger partial charge >= 0.3 is 13.8 Å². The van der Waals surface area contributed by atoms with Gasteiger partial charge in [-0.3, -0.25) is 13.8 Å². The van der Waals surface area contributed by atoms with Gasteiger partial charge in [-0.25, -0.2) is 4.57 Å². The lowest BCUT2D eigenvalue weighted by molar-refractivity contribution is -0.870. The first-order valence-electron chi connectivity index (χ1n) is 18.3. The molecule has 0 fully saturated rings. The zero-order valence-electron chi connectivity index (χ0n) is 29.7. The lowest BCUT2D eigenvalue weighted by Gasteiger charge is -2.24. The monoisotopic (exact) mass is 651 g/mol. The number of phosphoric acid groups is 1. The Kier molecular flexibility index (Phi) is 29.5. The summed E-state index contributed by atoms with van der Waals surface area (Å²) in [7, 11) is 1.68. The number of hydrogen-bond donors (Lipinski definition) is 1. The van der Waals surface area contributed by atoms with Crippen molar-refractivity contribution in [3.8, 4) is 0 Å². The summed E-state index contributed by atoms with van der Waals surface area (Å²) in [6.07, 6.45) is 27.3. The molecule has 2 atom stereocenters. The molecule has 0 heterocycles. The van der Waals surface area contributed by atoms with Gasteiger partial charge in [0.15, 0.2) is 0 Å². The van der Waals surface area contributed by atoms with E-state index < -0.39 is 13.9 Å². The van der Waals surface area contributed by atoms with E-state index in [4.69, 9.17) is 18.5 Å². The Morgan fingerprint density at radius 2 is 1.05 bits per heavy atom. The van der Waals surface area contributed by atoms with Crippen LogP contribution in [-0.4, -0.2) is 75.6 Å². The second kappa shape index (κ2) is 29.9. The van der Waals surface area contributed by atoms with Gasteiger partial charge in [-0.15, -0.1) is 0 Å². The lowest BCUT2D eigenvalue weighted by atomic mass is 10.0. The summed E-state index contributed by atoms with van der Waals surface area (Å²) >= 11 is 0. The number of carbonyl (C=O) groups excluding carboxylic acids is 1. The van der Waals surface area contributed by atoms with E-state index in [2.05, 4.69) is 13.8 Å². The minimum atomic E-state index is -4.25. The molecular weight excluding hydrogens is 577 g/mol. The molecule has 0 aromatic heterocycles. The smallest absolute Gasteiger partial charge is 0.457 e. The molecule has 8 nitrogen and oxygen atoms in total. The summed E-state index contributed by atoms with van der Waals surface area (Å²) in [5, 5.41) is 0. The molecule has 0 radical (unpaired) electrons. The topological polar surface area (TPSA) is 91.3 Å². The maximum Gasteiger partial charge on any atom is 0.472 e. The third-order valence-electron chi connectivity index (χ3n) is 7.92. The van der Waals surface area contributed by atoms with Gasteiger partial charge in [0.25, 0.3) is 0 Å². The zero-order chi connectivity index (χ0) is 32.8. The fourth-order valence-corrected chi connectivity index (χ4v) is 5.76. The molecule has 264 valence electrons. The van der Waals surface area contributed by atoms with Crippen molar-refractivity contribution in [3.05, 3.63) is 0 Å². The highest BCUT2D eigenvalue weighted by Crippen LogP contribution is 2.43. The van der Waals surface area contributed by atoms with Gasteiger partial charge in [-0.1, -0.05) is 142 Å². The van der Waals surface area contributed by atoms with Crippen LogP contribution in [0.4, 0.5) is 0 Å². The molecule has 0 saturated heterocycles. The van der Waals surface area contributed by atoms with E-state index in [9.17, 15) is 14.3 Å². The minimum absolute atomic E-state index is 0.0926. The van der Waals surface area contributed by atoms with Crippen molar-refractivity contribution in [2.45, 2.75) is 168 Å². The van der Waals surface area contributed by atoms with E-state index in [1.165, 1.54) is 103 Å². The van der Waals surface area contributed by atoms with Crippen LogP contribution in [0.5, 0.6) is 0 Å². The Balaban J connectivity index is 4.07. The van der Waals surface area contributed by atoms with Crippen LogP contribution in [0.15, 0.2) is 0 Å². The fourth-order valence-electron chi connectivity index (χ4n) is 5.02. The van der Waals surface area contributed by atoms with E-state index in [-0.39, 0.29) is 25.8 Å². The van der Waals surface area contributed by atoms with Gasteiger partial charge in [-0.2, -0.15) is 0 Å². The highest BCUT2D eigenvalue weighted by Gasteiger charge is 2.26. The van der Waals surface area contributed by atoms with Crippen molar-refractivity contribution in [1.82, 2.24) is 0 Å². The molecule has 0 aromatic carbocycles. The van der Waals surface area contributed by atoms with Gasteiger partial charge in [0, 0.05) is 13.0 Å². The quantitative estimate of drug-likeness (QED) is 0.0321. The largest absolute Gasteiger partial charge is 0.472 e. The first-order valence-corrected chi connectivity index (χ1v) is 19.8. The second-order valence-corrected chi connectivity index (χ2v) is 15.1. The SMILES string of the molecule is CCCCCCCCCCCCCCCCCCCOCC(COP(=O)(O)OCC[N+](C)(C)C)OC(=O)CCCCCCC. The Bertz CT molecular complexity index is 686. The van der Waals surface area contributed by atoms with Crippen molar-refractivity contribution in [2.75, 3.05) is 54.1 Å². The maximum atomic E-state index is 12.4. The van der Waals surface area contributed by atoms with E-state index in [1.807, 2.05) is 21.1 Å². The average Bonchev–Trinajstić information content (AvgIpc) is 2.96. The summed E-state index contributed by atoms with van der Waals surface area (Å²) < 4.78 is 34.6. The molecule has 0 aliphatic heterocycles. The van der Waals surface area contributed by atoms with Gasteiger partial charge in [0.2, 0.25) is 0 Å². The number of ether oxygens (including phenoxy) is 2. The van der Waals surface area contributed by atoms with Crippen LogP contribution in [-0.2, 0) is 27.9 Å². The number of esters is 1. The zero-order valence-corrected chi connectivity index (χ0v) is 30.6. The highest BCUT2D eigenvalue weighted by atomic mass is 31.2. The summed E-state index contributed by atoms with van der Waals surface area (Å²) in [4.78, 5) is 22.5. The summed E-state index contributed by atoms with van der Waals surface area (Å²) in [6.45, 7) is 5.56. The molecule has 44 heavy (non-hydrogen) atoms. The van der Waals surface area contributed by atoms with Gasteiger partial charge < -0.3 is 18.9 Å². The molecule has 0 aromatic rings. The van der Waals surface area contributed by atoms with Crippen LogP contribution in [0.2, 0.25) is 0 Å². The second-order valence-electron chi connectivity index (χ2n) is 13.6. The third-order valence-corrected chi connectivity index (χ3v) is 8.90.